The molecule has 0 amide bonds. The molecule has 0 saturated carbocycles. The highest BCUT2D eigenvalue weighted by atomic mass is 32.1. The van der Waals surface area contributed by atoms with Crippen LogP contribution in [0.4, 0.5) is 0 Å². The van der Waals surface area contributed by atoms with Crippen molar-refractivity contribution >= 4 is 11.3 Å². The van der Waals surface area contributed by atoms with E-state index < -0.39 is 0 Å². The van der Waals surface area contributed by atoms with Gasteiger partial charge in [-0.1, -0.05) is 0 Å². The first-order valence-electron chi connectivity index (χ1n) is 5.71. The van der Waals surface area contributed by atoms with Crippen LogP contribution in [0.15, 0.2) is 11.7 Å². The Kier molecular flexibility index (Phi) is 2.50. The molecule has 0 spiro atoms. The number of aromatic nitrogens is 1. The second-order valence-corrected chi connectivity index (χ2v) is 5.73. The Morgan fingerprint density at radius 1 is 1.40 bits per heavy atom. The first-order valence-corrected chi connectivity index (χ1v) is 6.59. The summed E-state index contributed by atoms with van der Waals surface area (Å²) < 4.78 is 0. The van der Waals surface area contributed by atoms with E-state index in [1.807, 2.05) is 11.7 Å². The maximum Gasteiger partial charge on any atom is 0.0794 e. The highest BCUT2D eigenvalue weighted by Crippen LogP contribution is 2.36. The molecular formula is C11H17N3S. The molecule has 82 valence electrons. The molecule has 2 aliphatic rings. The Morgan fingerprint density at radius 3 is 2.73 bits per heavy atom. The molecule has 1 aromatic rings. The van der Waals surface area contributed by atoms with Crippen LogP contribution in [0.2, 0.25) is 0 Å². The molecule has 2 bridgehead atoms. The number of rotatable bonds is 2. The van der Waals surface area contributed by atoms with E-state index >= 15 is 0 Å². The first kappa shape index (κ1) is 9.75. The zero-order valence-electron chi connectivity index (χ0n) is 8.80. The normalized spacial score (nSPS) is 35.9. The summed E-state index contributed by atoms with van der Waals surface area (Å²) in [5, 5.41) is 0. The van der Waals surface area contributed by atoms with Crippen molar-refractivity contribution in [3.8, 4) is 0 Å². The number of nitrogens with two attached hydrogens (primary N) is 1. The van der Waals surface area contributed by atoms with Crippen LogP contribution in [0.1, 0.15) is 30.6 Å². The number of hydrogen-bond donors (Lipinski definition) is 1. The minimum Gasteiger partial charge on any atom is -0.328 e. The van der Waals surface area contributed by atoms with Gasteiger partial charge in [0, 0.05) is 35.7 Å². The van der Waals surface area contributed by atoms with Crippen molar-refractivity contribution in [1.29, 1.82) is 0 Å². The van der Waals surface area contributed by atoms with Crippen molar-refractivity contribution in [2.24, 2.45) is 5.73 Å². The van der Waals surface area contributed by atoms with Crippen molar-refractivity contribution in [3.63, 3.8) is 0 Å². The van der Waals surface area contributed by atoms with E-state index in [4.69, 9.17) is 5.73 Å². The standard InChI is InChI=1S/C11H17N3S/c12-8-3-9-1-2-10(4-8)14(9)6-11-5-13-7-15-11/h5,7-10H,1-4,6,12H2. The fourth-order valence-electron chi connectivity index (χ4n) is 3.07. The van der Waals surface area contributed by atoms with Gasteiger partial charge in [0.05, 0.1) is 5.51 Å². The van der Waals surface area contributed by atoms with Gasteiger partial charge in [-0.3, -0.25) is 9.88 Å². The molecule has 2 fully saturated rings. The third-order valence-corrected chi connectivity index (χ3v) is 4.51. The van der Waals surface area contributed by atoms with Crippen LogP contribution in [0.5, 0.6) is 0 Å². The first-order chi connectivity index (χ1) is 7.33. The van der Waals surface area contributed by atoms with E-state index in [0.29, 0.717) is 6.04 Å². The van der Waals surface area contributed by atoms with Crippen molar-refractivity contribution in [2.45, 2.75) is 50.4 Å². The van der Waals surface area contributed by atoms with Gasteiger partial charge in [0.1, 0.15) is 0 Å². The van der Waals surface area contributed by atoms with Crippen molar-refractivity contribution < 1.29 is 0 Å². The Hall–Kier alpha value is -0.450. The Labute approximate surface area is 94.3 Å². The molecule has 15 heavy (non-hydrogen) atoms. The highest BCUT2D eigenvalue weighted by Gasteiger charge is 2.39. The summed E-state index contributed by atoms with van der Waals surface area (Å²) in [6.07, 6.45) is 7.07. The number of fused-ring (bicyclic) bond motifs is 2. The minimum absolute atomic E-state index is 0.445. The molecule has 0 radical (unpaired) electrons. The van der Waals surface area contributed by atoms with Crippen molar-refractivity contribution in [1.82, 2.24) is 9.88 Å². The summed E-state index contributed by atoms with van der Waals surface area (Å²) >= 11 is 1.77. The van der Waals surface area contributed by atoms with Gasteiger partial charge in [-0.25, -0.2) is 0 Å². The molecule has 2 unspecified atom stereocenters. The molecule has 3 rings (SSSR count). The fraction of sp³-hybridized carbons (Fsp3) is 0.727. The molecule has 2 saturated heterocycles. The Balaban J connectivity index is 1.72. The monoisotopic (exact) mass is 223 g/mol. The van der Waals surface area contributed by atoms with Crippen LogP contribution in [-0.2, 0) is 6.54 Å². The minimum atomic E-state index is 0.445. The maximum atomic E-state index is 6.05. The van der Waals surface area contributed by atoms with E-state index in [9.17, 15) is 0 Å². The van der Waals surface area contributed by atoms with Gasteiger partial charge in [-0.15, -0.1) is 11.3 Å². The van der Waals surface area contributed by atoms with E-state index in [1.54, 1.807) is 11.3 Å². The zero-order valence-corrected chi connectivity index (χ0v) is 9.62. The fourth-order valence-corrected chi connectivity index (χ4v) is 3.68. The average Bonchev–Trinajstić information content (AvgIpc) is 2.77. The molecule has 3 heterocycles. The Bertz CT molecular complexity index is 311. The molecule has 3 nitrogen and oxygen atoms in total. The van der Waals surface area contributed by atoms with E-state index in [0.717, 1.165) is 18.6 Å². The second-order valence-electron chi connectivity index (χ2n) is 4.76. The molecule has 2 N–H and O–H groups in total. The third-order valence-electron chi connectivity index (χ3n) is 3.74. The number of thiazole rings is 1. The predicted octanol–water partition coefficient (Wildman–Crippen LogP) is 1.60. The molecular weight excluding hydrogens is 206 g/mol. The van der Waals surface area contributed by atoms with E-state index in [-0.39, 0.29) is 0 Å². The van der Waals surface area contributed by atoms with Crippen LogP contribution in [0.3, 0.4) is 0 Å². The largest absolute Gasteiger partial charge is 0.328 e. The topological polar surface area (TPSA) is 42.1 Å². The molecule has 2 atom stereocenters. The van der Waals surface area contributed by atoms with Crippen molar-refractivity contribution in [2.75, 3.05) is 0 Å². The highest BCUT2D eigenvalue weighted by molar-refractivity contribution is 7.09. The third kappa shape index (κ3) is 1.82. The van der Waals surface area contributed by atoms with Gasteiger partial charge in [0.15, 0.2) is 0 Å². The number of piperidine rings is 1. The van der Waals surface area contributed by atoms with Gasteiger partial charge in [0.2, 0.25) is 0 Å². The van der Waals surface area contributed by atoms with E-state index in [2.05, 4.69) is 9.88 Å². The van der Waals surface area contributed by atoms with Crippen LogP contribution in [0.25, 0.3) is 0 Å². The maximum absolute atomic E-state index is 6.05. The summed E-state index contributed by atoms with van der Waals surface area (Å²) in [5.74, 6) is 0. The van der Waals surface area contributed by atoms with Crippen molar-refractivity contribution in [3.05, 3.63) is 16.6 Å². The lowest BCUT2D eigenvalue weighted by atomic mass is 9.98. The summed E-state index contributed by atoms with van der Waals surface area (Å²) in [5.41, 5.74) is 7.98. The van der Waals surface area contributed by atoms with Crippen LogP contribution in [-0.4, -0.2) is 28.0 Å². The molecule has 4 heteroatoms. The predicted molar refractivity (Wildman–Crippen MR) is 61.7 cm³/mol. The summed E-state index contributed by atoms with van der Waals surface area (Å²) in [4.78, 5) is 8.18. The summed E-state index contributed by atoms with van der Waals surface area (Å²) in [6.45, 7) is 1.09. The smallest absolute Gasteiger partial charge is 0.0794 e. The Morgan fingerprint density at radius 2 is 2.13 bits per heavy atom. The molecule has 2 aliphatic heterocycles. The summed E-state index contributed by atoms with van der Waals surface area (Å²) in [6, 6.07) is 1.92. The quantitative estimate of drug-likeness (QED) is 0.828. The lowest BCUT2D eigenvalue weighted by Crippen LogP contribution is -2.46. The van der Waals surface area contributed by atoms with Gasteiger partial charge in [-0.05, 0) is 25.7 Å². The van der Waals surface area contributed by atoms with Gasteiger partial charge in [-0.2, -0.15) is 0 Å². The lowest BCUT2D eigenvalue weighted by Gasteiger charge is -2.37. The van der Waals surface area contributed by atoms with Crippen LogP contribution < -0.4 is 5.73 Å². The van der Waals surface area contributed by atoms with Gasteiger partial charge >= 0.3 is 0 Å². The molecule has 0 aromatic carbocycles. The SMILES string of the molecule is NC1CC2CCC(C1)N2Cc1cncs1. The summed E-state index contributed by atoms with van der Waals surface area (Å²) in [7, 11) is 0. The molecule has 1 aromatic heterocycles. The number of hydrogen-bond acceptors (Lipinski definition) is 4. The number of nitrogens with zero attached hydrogens (tertiary/aromatic N) is 2. The molecule has 0 aliphatic carbocycles. The van der Waals surface area contributed by atoms with Gasteiger partial charge in [0.25, 0.3) is 0 Å². The second kappa shape index (κ2) is 3.85. The zero-order chi connectivity index (χ0) is 10.3. The lowest BCUT2D eigenvalue weighted by molar-refractivity contribution is 0.121. The average molecular weight is 223 g/mol. The van der Waals surface area contributed by atoms with E-state index in [1.165, 1.54) is 30.6 Å². The van der Waals surface area contributed by atoms with Crippen LogP contribution >= 0.6 is 11.3 Å². The van der Waals surface area contributed by atoms with Crippen LogP contribution in [0, 0.1) is 0 Å². The van der Waals surface area contributed by atoms with Gasteiger partial charge < -0.3 is 5.73 Å².